The van der Waals surface area contributed by atoms with Crippen LogP contribution in [0.5, 0.6) is 0 Å². The minimum absolute atomic E-state index is 0.0930. The van der Waals surface area contributed by atoms with Crippen LogP contribution >= 0.6 is 0 Å². The number of likely N-dealkylation sites (tertiary alicyclic amines) is 1. The first-order valence-corrected chi connectivity index (χ1v) is 8.65. The zero-order valence-electron chi connectivity index (χ0n) is 13.8. The monoisotopic (exact) mass is 325 g/mol. The van der Waals surface area contributed by atoms with E-state index >= 15 is 0 Å². The topological polar surface area (TPSA) is 49.8 Å². The maximum Gasteiger partial charge on any atom is 0.227 e. The number of carbonyl (C=O) groups is 1. The Kier molecular flexibility index (Phi) is 4.02. The van der Waals surface area contributed by atoms with Crippen LogP contribution in [0.15, 0.2) is 42.5 Å². The molecule has 2 fully saturated rings. The highest BCUT2D eigenvalue weighted by atomic mass is 16.5. The van der Waals surface area contributed by atoms with E-state index < -0.39 is 0 Å². The fraction of sp³-hybridized carbons (Fsp3) is 0.450. The van der Waals surface area contributed by atoms with E-state index in [4.69, 9.17) is 4.74 Å². The van der Waals surface area contributed by atoms with Crippen LogP contribution in [0.4, 0.5) is 0 Å². The molecule has 24 heavy (non-hydrogen) atoms. The molecule has 0 spiro atoms. The number of amides is 1. The Morgan fingerprint density at radius 1 is 1.25 bits per heavy atom. The molecule has 4 nitrogen and oxygen atoms in total. The number of rotatable bonds is 3. The molecule has 1 N–H and O–H groups in total. The van der Waals surface area contributed by atoms with Gasteiger partial charge in [0.1, 0.15) is 0 Å². The average molecular weight is 325 g/mol. The lowest BCUT2D eigenvalue weighted by atomic mass is 9.76. The number of ether oxygens (including phenoxy) is 1. The van der Waals surface area contributed by atoms with Crippen molar-refractivity contribution in [2.45, 2.75) is 12.8 Å². The molecule has 1 amide bonds. The van der Waals surface area contributed by atoms with E-state index in [-0.39, 0.29) is 17.9 Å². The summed E-state index contributed by atoms with van der Waals surface area (Å²) in [5.74, 6) is 0.501. The molecule has 2 atom stereocenters. The van der Waals surface area contributed by atoms with Crippen LogP contribution in [-0.2, 0) is 16.0 Å². The molecule has 2 heterocycles. The van der Waals surface area contributed by atoms with Gasteiger partial charge in [0.15, 0.2) is 0 Å². The third kappa shape index (κ3) is 2.60. The number of carbonyl (C=O) groups excluding carboxylic acids is 1. The van der Waals surface area contributed by atoms with Crippen LogP contribution < -0.4 is 0 Å². The number of benzene rings is 2. The van der Waals surface area contributed by atoms with Gasteiger partial charge in [-0.25, -0.2) is 0 Å². The maximum absolute atomic E-state index is 12.9. The summed E-state index contributed by atoms with van der Waals surface area (Å²) in [7, 11) is 0. The standard InChI is InChI=1S/C20H23NO3/c22-13-20-12-21(11-17(20)8-9-24-14-20)19(23)10-16-6-3-5-15-4-1-2-7-18(15)16/h1-7,17,22H,8-14H2/t17-,20+/m0/s1. The Morgan fingerprint density at radius 2 is 2.08 bits per heavy atom. The second-order valence-corrected chi connectivity index (χ2v) is 7.15. The van der Waals surface area contributed by atoms with Crippen molar-refractivity contribution in [3.8, 4) is 0 Å². The summed E-state index contributed by atoms with van der Waals surface area (Å²) in [6, 6.07) is 14.3. The summed E-state index contributed by atoms with van der Waals surface area (Å²) >= 11 is 0. The smallest absolute Gasteiger partial charge is 0.227 e. The second-order valence-electron chi connectivity index (χ2n) is 7.15. The molecule has 2 saturated heterocycles. The van der Waals surface area contributed by atoms with Crippen molar-refractivity contribution in [1.29, 1.82) is 0 Å². The van der Waals surface area contributed by atoms with Gasteiger partial charge in [0.2, 0.25) is 5.91 Å². The third-order valence-electron chi connectivity index (χ3n) is 5.70. The van der Waals surface area contributed by atoms with Crippen LogP contribution in [0, 0.1) is 11.3 Å². The van der Waals surface area contributed by atoms with Crippen molar-refractivity contribution in [3.05, 3.63) is 48.0 Å². The minimum Gasteiger partial charge on any atom is -0.396 e. The lowest BCUT2D eigenvalue weighted by molar-refractivity contribution is -0.130. The van der Waals surface area contributed by atoms with Crippen LogP contribution in [0.1, 0.15) is 12.0 Å². The van der Waals surface area contributed by atoms with E-state index in [1.165, 1.54) is 0 Å². The first-order valence-electron chi connectivity index (χ1n) is 8.65. The van der Waals surface area contributed by atoms with Crippen LogP contribution in [0.2, 0.25) is 0 Å². The summed E-state index contributed by atoms with van der Waals surface area (Å²) in [5, 5.41) is 12.2. The predicted octanol–water partition coefficient (Wildman–Crippen LogP) is 2.24. The van der Waals surface area contributed by atoms with E-state index in [0.717, 1.165) is 35.9 Å². The Bertz CT molecular complexity index is 754. The quantitative estimate of drug-likeness (QED) is 0.941. The van der Waals surface area contributed by atoms with Crippen molar-refractivity contribution in [2.75, 3.05) is 32.9 Å². The molecule has 2 aliphatic rings. The largest absolute Gasteiger partial charge is 0.396 e. The molecule has 2 aromatic rings. The van der Waals surface area contributed by atoms with E-state index in [9.17, 15) is 9.90 Å². The highest BCUT2D eigenvalue weighted by Gasteiger charge is 2.49. The Balaban J connectivity index is 1.54. The number of fused-ring (bicyclic) bond motifs is 2. The summed E-state index contributed by atoms with van der Waals surface area (Å²) in [6.45, 7) is 2.74. The van der Waals surface area contributed by atoms with Crippen LogP contribution in [0.25, 0.3) is 10.8 Å². The first-order chi connectivity index (χ1) is 11.7. The highest BCUT2D eigenvalue weighted by Crippen LogP contribution is 2.41. The summed E-state index contributed by atoms with van der Waals surface area (Å²) in [5.41, 5.74) is 0.814. The van der Waals surface area contributed by atoms with E-state index in [2.05, 4.69) is 18.2 Å². The van der Waals surface area contributed by atoms with E-state index in [1.54, 1.807) is 0 Å². The maximum atomic E-state index is 12.9. The Hall–Kier alpha value is -1.91. The molecule has 2 aliphatic heterocycles. The van der Waals surface area contributed by atoms with Crippen molar-refractivity contribution in [2.24, 2.45) is 11.3 Å². The van der Waals surface area contributed by atoms with Gasteiger partial charge in [0, 0.05) is 25.1 Å². The molecule has 0 unspecified atom stereocenters. The molecular formula is C20H23NO3. The van der Waals surface area contributed by atoms with E-state index in [0.29, 0.717) is 25.5 Å². The fourth-order valence-electron chi connectivity index (χ4n) is 4.23. The normalized spacial score (nSPS) is 26.5. The first kappa shape index (κ1) is 15.6. The van der Waals surface area contributed by atoms with Crippen molar-refractivity contribution >= 4 is 16.7 Å². The molecule has 126 valence electrons. The number of aliphatic hydroxyl groups excluding tert-OH is 1. The number of hydrogen-bond acceptors (Lipinski definition) is 3. The lowest BCUT2D eigenvalue weighted by Gasteiger charge is -2.36. The van der Waals surface area contributed by atoms with Gasteiger partial charge in [-0.2, -0.15) is 0 Å². The molecule has 0 aliphatic carbocycles. The fourth-order valence-corrected chi connectivity index (χ4v) is 4.23. The van der Waals surface area contributed by atoms with Crippen LogP contribution in [0.3, 0.4) is 0 Å². The summed E-state index contributed by atoms with van der Waals surface area (Å²) in [4.78, 5) is 14.8. The summed E-state index contributed by atoms with van der Waals surface area (Å²) < 4.78 is 5.58. The van der Waals surface area contributed by atoms with Crippen LogP contribution in [-0.4, -0.2) is 48.8 Å². The van der Waals surface area contributed by atoms with Gasteiger partial charge >= 0.3 is 0 Å². The third-order valence-corrected chi connectivity index (χ3v) is 5.70. The Labute approximate surface area is 142 Å². The molecule has 0 aromatic heterocycles. The molecule has 4 heteroatoms. The Morgan fingerprint density at radius 3 is 2.92 bits per heavy atom. The van der Waals surface area contributed by atoms with Crippen molar-refractivity contribution in [3.63, 3.8) is 0 Å². The number of nitrogens with zero attached hydrogens (tertiary/aromatic N) is 1. The van der Waals surface area contributed by atoms with Gasteiger partial charge in [0.25, 0.3) is 0 Å². The lowest BCUT2D eigenvalue weighted by Crippen LogP contribution is -2.43. The summed E-state index contributed by atoms with van der Waals surface area (Å²) in [6.07, 6.45) is 1.34. The van der Waals surface area contributed by atoms with Gasteiger partial charge in [-0.3, -0.25) is 4.79 Å². The molecule has 0 saturated carbocycles. The van der Waals surface area contributed by atoms with Crippen molar-refractivity contribution in [1.82, 2.24) is 4.90 Å². The van der Waals surface area contributed by atoms with Gasteiger partial charge in [-0.05, 0) is 28.7 Å². The highest BCUT2D eigenvalue weighted by molar-refractivity contribution is 5.90. The zero-order chi connectivity index (χ0) is 16.6. The molecule has 0 bridgehead atoms. The molecule has 2 aromatic carbocycles. The number of hydrogen-bond donors (Lipinski definition) is 1. The average Bonchev–Trinajstić information content (AvgIpc) is 3.02. The number of aliphatic hydroxyl groups is 1. The SMILES string of the molecule is O=C(Cc1cccc2ccccc12)N1C[C@@H]2CCOC[C@]2(CO)C1. The molecule has 0 radical (unpaired) electrons. The van der Waals surface area contributed by atoms with Crippen molar-refractivity contribution < 1.29 is 14.6 Å². The molecule has 4 rings (SSSR count). The van der Waals surface area contributed by atoms with E-state index in [1.807, 2.05) is 29.2 Å². The zero-order valence-corrected chi connectivity index (χ0v) is 13.8. The van der Waals surface area contributed by atoms with Gasteiger partial charge in [-0.15, -0.1) is 0 Å². The van der Waals surface area contributed by atoms with Gasteiger partial charge < -0.3 is 14.7 Å². The van der Waals surface area contributed by atoms with Gasteiger partial charge in [-0.1, -0.05) is 42.5 Å². The molecular weight excluding hydrogens is 302 g/mol. The predicted molar refractivity (Wildman–Crippen MR) is 92.7 cm³/mol. The second kappa shape index (κ2) is 6.19. The minimum atomic E-state index is -0.257. The van der Waals surface area contributed by atoms with Gasteiger partial charge in [0.05, 0.1) is 19.6 Å².